The van der Waals surface area contributed by atoms with E-state index in [-0.39, 0.29) is 12.4 Å². The van der Waals surface area contributed by atoms with Gasteiger partial charge in [-0.3, -0.25) is 0 Å². The van der Waals surface area contributed by atoms with Gasteiger partial charge in [0, 0.05) is 17.8 Å². The lowest BCUT2D eigenvalue weighted by atomic mass is 10.2. The van der Waals surface area contributed by atoms with E-state index in [1.165, 1.54) is 7.11 Å². The van der Waals surface area contributed by atoms with Gasteiger partial charge in [0.1, 0.15) is 11.8 Å². The lowest BCUT2D eigenvalue weighted by Crippen LogP contribution is -2.14. The van der Waals surface area contributed by atoms with Crippen LogP contribution in [0.3, 0.4) is 0 Å². The lowest BCUT2D eigenvalue weighted by molar-refractivity contribution is 0.130. The number of para-hydroxylation sites is 1. The number of amidine groups is 1. The third kappa shape index (κ3) is 3.78. The largest absolute Gasteiger partial charge is 0.481 e. The number of ether oxygens (including phenoxy) is 1. The number of aromatic nitrogens is 3. The molecule has 3 rings (SSSR count). The first-order chi connectivity index (χ1) is 12.6. The highest BCUT2D eigenvalue weighted by Gasteiger charge is 2.15. The number of pyridine rings is 1. The van der Waals surface area contributed by atoms with Gasteiger partial charge in [0.05, 0.1) is 24.1 Å². The third-order valence-corrected chi connectivity index (χ3v) is 4.12. The lowest BCUT2D eigenvalue weighted by Gasteiger charge is -2.05. The Morgan fingerprint density at radius 2 is 2.04 bits per heavy atom. The van der Waals surface area contributed by atoms with E-state index in [4.69, 9.17) is 26.9 Å². The Morgan fingerprint density at radius 1 is 1.27 bits per heavy atom. The molecule has 0 radical (unpaired) electrons. The normalized spacial score (nSPS) is 11.4. The van der Waals surface area contributed by atoms with Crippen LogP contribution in [-0.2, 0) is 11.4 Å². The first-order valence-corrected chi connectivity index (χ1v) is 8.23. The van der Waals surface area contributed by atoms with Gasteiger partial charge in [0.15, 0.2) is 5.84 Å². The molecule has 0 saturated heterocycles. The SMILES string of the molecule is COc1cc(/C(N)=N/OCc2c(C)nn(-c3ccccc3)c2Cl)ccn1. The minimum atomic E-state index is 0.153. The van der Waals surface area contributed by atoms with E-state index in [0.717, 1.165) is 16.9 Å². The zero-order valence-electron chi connectivity index (χ0n) is 14.4. The van der Waals surface area contributed by atoms with E-state index < -0.39 is 0 Å². The van der Waals surface area contributed by atoms with Crippen molar-refractivity contribution in [3.05, 3.63) is 70.6 Å². The summed E-state index contributed by atoms with van der Waals surface area (Å²) < 4.78 is 6.73. The van der Waals surface area contributed by atoms with E-state index in [1.807, 2.05) is 37.3 Å². The molecule has 2 aromatic heterocycles. The Kier molecular flexibility index (Phi) is 5.38. The molecule has 0 aliphatic rings. The summed E-state index contributed by atoms with van der Waals surface area (Å²) in [7, 11) is 1.53. The van der Waals surface area contributed by atoms with Gasteiger partial charge in [0.2, 0.25) is 5.88 Å². The van der Waals surface area contributed by atoms with Crippen molar-refractivity contribution in [2.45, 2.75) is 13.5 Å². The van der Waals surface area contributed by atoms with E-state index in [2.05, 4.69) is 15.2 Å². The Morgan fingerprint density at radius 3 is 2.77 bits per heavy atom. The van der Waals surface area contributed by atoms with Crippen LogP contribution in [0.2, 0.25) is 5.15 Å². The van der Waals surface area contributed by atoms with Crippen LogP contribution in [0.5, 0.6) is 5.88 Å². The fourth-order valence-electron chi connectivity index (χ4n) is 2.34. The number of oxime groups is 1. The molecule has 0 unspecified atom stereocenters. The molecular formula is C18H18ClN5O2. The summed E-state index contributed by atoms with van der Waals surface area (Å²) in [4.78, 5) is 9.41. The molecular weight excluding hydrogens is 354 g/mol. The second kappa shape index (κ2) is 7.88. The van der Waals surface area contributed by atoms with Gasteiger partial charge in [-0.15, -0.1) is 0 Å². The summed E-state index contributed by atoms with van der Waals surface area (Å²) in [5, 5.41) is 8.88. The van der Waals surface area contributed by atoms with E-state index >= 15 is 0 Å². The number of benzene rings is 1. The molecule has 0 aliphatic carbocycles. The highest BCUT2D eigenvalue weighted by Crippen LogP contribution is 2.24. The minimum Gasteiger partial charge on any atom is -0.481 e. The molecule has 0 fully saturated rings. The van der Waals surface area contributed by atoms with E-state index in [1.54, 1.807) is 23.0 Å². The summed E-state index contributed by atoms with van der Waals surface area (Å²) >= 11 is 6.45. The number of hydrogen-bond acceptors (Lipinski definition) is 5. The maximum absolute atomic E-state index is 6.45. The second-order valence-corrected chi connectivity index (χ2v) is 5.80. The molecule has 2 N–H and O–H groups in total. The van der Waals surface area contributed by atoms with Gasteiger partial charge in [-0.2, -0.15) is 5.10 Å². The van der Waals surface area contributed by atoms with Crippen LogP contribution in [0.15, 0.2) is 53.8 Å². The predicted octanol–water partition coefficient (Wildman–Crippen LogP) is 3.07. The molecule has 3 aromatic rings. The molecule has 0 amide bonds. The van der Waals surface area contributed by atoms with Crippen LogP contribution in [0, 0.1) is 6.92 Å². The molecule has 0 bridgehead atoms. The maximum Gasteiger partial charge on any atom is 0.213 e. The van der Waals surface area contributed by atoms with Crippen molar-refractivity contribution in [1.29, 1.82) is 0 Å². The first kappa shape index (κ1) is 17.8. The van der Waals surface area contributed by atoms with Crippen LogP contribution >= 0.6 is 11.6 Å². The topological polar surface area (TPSA) is 87.5 Å². The molecule has 7 nitrogen and oxygen atoms in total. The number of rotatable bonds is 6. The number of halogens is 1. The summed E-state index contributed by atoms with van der Waals surface area (Å²) in [5.74, 6) is 0.665. The zero-order valence-corrected chi connectivity index (χ0v) is 15.1. The smallest absolute Gasteiger partial charge is 0.213 e. The third-order valence-electron chi connectivity index (χ3n) is 3.73. The molecule has 26 heavy (non-hydrogen) atoms. The van der Waals surface area contributed by atoms with Gasteiger partial charge < -0.3 is 15.3 Å². The van der Waals surface area contributed by atoms with Crippen molar-refractivity contribution in [3.63, 3.8) is 0 Å². The van der Waals surface area contributed by atoms with Crippen LogP contribution in [0.4, 0.5) is 0 Å². The van der Waals surface area contributed by atoms with Crippen molar-refractivity contribution in [3.8, 4) is 11.6 Å². The van der Waals surface area contributed by atoms with Gasteiger partial charge in [-0.25, -0.2) is 9.67 Å². The highest BCUT2D eigenvalue weighted by atomic mass is 35.5. The van der Waals surface area contributed by atoms with Crippen molar-refractivity contribution >= 4 is 17.4 Å². The van der Waals surface area contributed by atoms with Crippen LogP contribution < -0.4 is 10.5 Å². The number of aryl methyl sites for hydroxylation is 1. The van der Waals surface area contributed by atoms with Crippen LogP contribution in [-0.4, -0.2) is 27.7 Å². The highest BCUT2D eigenvalue weighted by molar-refractivity contribution is 6.30. The zero-order chi connectivity index (χ0) is 18.5. The van der Waals surface area contributed by atoms with Crippen LogP contribution in [0.1, 0.15) is 16.8 Å². The van der Waals surface area contributed by atoms with Gasteiger partial charge in [-0.05, 0) is 25.1 Å². The number of hydrogen-bond donors (Lipinski definition) is 1. The van der Waals surface area contributed by atoms with Gasteiger partial charge >= 0.3 is 0 Å². The molecule has 8 heteroatoms. The predicted molar refractivity (Wildman–Crippen MR) is 99.6 cm³/mol. The molecule has 1 aromatic carbocycles. The van der Waals surface area contributed by atoms with Gasteiger partial charge in [-0.1, -0.05) is 35.0 Å². The van der Waals surface area contributed by atoms with Crippen molar-refractivity contribution < 1.29 is 9.57 Å². The molecule has 0 spiro atoms. The second-order valence-electron chi connectivity index (χ2n) is 5.44. The van der Waals surface area contributed by atoms with E-state index in [0.29, 0.717) is 16.6 Å². The average molecular weight is 372 g/mol. The minimum absolute atomic E-state index is 0.153. The molecule has 2 heterocycles. The quantitative estimate of drug-likeness (QED) is 0.408. The number of nitrogens with zero attached hydrogens (tertiary/aromatic N) is 4. The van der Waals surface area contributed by atoms with Crippen molar-refractivity contribution in [1.82, 2.24) is 14.8 Å². The Hall–Kier alpha value is -3.06. The summed E-state index contributed by atoms with van der Waals surface area (Å²) in [6, 6.07) is 13.0. The number of methoxy groups -OCH3 is 1. The fourth-order valence-corrected chi connectivity index (χ4v) is 2.66. The first-order valence-electron chi connectivity index (χ1n) is 7.85. The average Bonchev–Trinajstić information content (AvgIpc) is 2.96. The fraction of sp³-hybridized carbons (Fsp3) is 0.167. The summed E-state index contributed by atoms with van der Waals surface area (Å²) in [5.41, 5.74) is 8.98. The molecule has 0 saturated carbocycles. The van der Waals surface area contributed by atoms with Crippen molar-refractivity contribution in [2.75, 3.05) is 7.11 Å². The summed E-state index contributed by atoms with van der Waals surface area (Å²) in [6.45, 7) is 2.02. The Bertz CT molecular complexity index is 925. The van der Waals surface area contributed by atoms with E-state index in [9.17, 15) is 0 Å². The summed E-state index contributed by atoms with van der Waals surface area (Å²) in [6.07, 6.45) is 1.58. The van der Waals surface area contributed by atoms with Gasteiger partial charge in [0.25, 0.3) is 0 Å². The van der Waals surface area contributed by atoms with Crippen molar-refractivity contribution in [2.24, 2.45) is 10.9 Å². The molecule has 134 valence electrons. The van der Waals surface area contributed by atoms with Crippen LogP contribution in [0.25, 0.3) is 5.69 Å². The maximum atomic E-state index is 6.45. The Labute approximate surface area is 156 Å². The monoisotopic (exact) mass is 371 g/mol. The number of nitrogens with two attached hydrogens (primary N) is 1. The standard InChI is InChI=1S/C18H18ClN5O2/c1-12-15(17(19)24(22-12)14-6-4-3-5-7-14)11-26-23-18(20)13-8-9-21-16(10-13)25-2/h3-10H,11H2,1-2H3,(H2,20,23). The Balaban J connectivity index is 1.75. The molecule has 0 atom stereocenters. The molecule has 0 aliphatic heterocycles.